The normalized spacial score (nSPS) is 22.6. The van der Waals surface area contributed by atoms with E-state index in [1.165, 1.54) is 15.5 Å². The van der Waals surface area contributed by atoms with E-state index in [0.29, 0.717) is 13.1 Å². The van der Waals surface area contributed by atoms with E-state index < -0.39 is 5.54 Å². The number of rotatable bonds is 6. The van der Waals surface area contributed by atoms with Crippen molar-refractivity contribution in [1.82, 2.24) is 10.2 Å². The van der Waals surface area contributed by atoms with Crippen LogP contribution in [-0.4, -0.2) is 49.7 Å². The monoisotopic (exact) mass is 409 g/mol. The van der Waals surface area contributed by atoms with E-state index in [1.54, 1.807) is 0 Å². The van der Waals surface area contributed by atoms with Gasteiger partial charge in [-0.25, -0.2) is 14.7 Å². The second-order valence-electron chi connectivity index (χ2n) is 8.69. The molecule has 7 nitrogen and oxygen atoms in total. The van der Waals surface area contributed by atoms with E-state index in [4.69, 9.17) is 0 Å². The van der Waals surface area contributed by atoms with Crippen LogP contribution >= 0.6 is 0 Å². The van der Waals surface area contributed by atoms with Gasteiger partial charge in [-0.05, 0) is 17.9 Å². The van der Waals surface area contributed by atoms with Crippen molar-refractivity contribution in [1.29, 1.82) is 0 Å². The minimum Gasteiger partial charge on any atom is -0.360 e. The van der Waals surface area contributed by atoms with Gasteiger partial charge in [-0.15, -0.1) is 0 Å². The average molecular weight is 410 g/mol. The van der Waals surface area contributed by atoms with E-state index in [2.05, 4.69) is 41.2 Å². The van der Waals surface area contributed by atoms with Gasteiger partial charge in [-0.1, -0.05) is 44.2 Å². The van der Waals surface area contributed by atoms with Crippen molar-refractivity contribution in [2.45, 2.75) is 25.8 Å². The second kappa shape index (κ2) is 8.44. The van der Waals surface area contributed by atoms with Crippen LogP contribution in [0.25, 0.3) is 0 Å². The first-order valence-electron chi connectivity index (χ1n) is 10.7. The molecule has 2 saturated heterocycles. The third kappa shape index (κ3) is 3.89. The molecule has 1 aromatic carbocycles. The summed E-state index contributed by atoms with van der Waals surface area (Å²) >= 11 is 0. The van der Waals surface area contributed by atoms with Gasteiger partial charge in [0.1, 0.15) is 5.54 Å². The highest BCUT2D eigenvalue weighted by Gasteiger charge is 2.53. The molecule has 4 rings (SSSR count). The lowest BCUT2D eigenvalue weighted by Crippen LogP contribution is -3.16. The molecule has 0 aliphatic carbocycles. The summed E-state index contributed by atoms with van der Waals surface area (Å²) in [5.41, 5.74) is 1.09. The van der Waals surface area contributed by atoms with Gasteiger partial charge in [0.2, 0.25) is 0 Å². The molecule has 1 aromatic heterocycles. The van der Waals surface area contributed by atoms with Crippen molar-refractivity contribution in [3.8, 4) is 0 Å². The molecule has 1 atom stereocenters. The minimum atomic E-state index is -0.964. The largest absolute Gasteiger partial charge is 0.360 e. The molecular formula is C23H31N5O2+2. The number of anilines is 1. The highest BCUT2D eigenvalue weighted by molar-refractivity contribution is 6.07. The highest BCUT2D eigenvalue weighted by Crippen LogP contribution is 2.34. The number of piperazine rings is 1. The Morgan fingerprint density at radius 3 is 2.37 bits per heavy atom. The number of nitrogens with one attached hydrogen (secondary N) is 3. The number of hydrogen-bond donors (Lipinski definition) is 2. The number of hydrogen-bond acceptors (Lipinski definition) is 3. The summed E-state index contributed by atoms with van der Waals surface area (Å²) in [5, 5.41) is 3.05. The molecule has 0 unspecified atom stereocenters. The Balaban J connectivity index is 1.46. The summed E-state index contributed by atoms with van der Waals surface area (Å²) in [6.45, 7) is 8.15. The lowest BCUT2D eigenvalue weighted by Gasteiger charge is -2.34. The summed E-state index contributed by atoms with van der Waals surface area (Å²) in [6, 6.07) is 13.5. The van der Waals surface area contributed by atoms with Gasteiger partial charge in [0, 0.05) is 17.8 Å². The first kappa shape index (κ1) is 20.3. The predicted octanol–water partition coefficient (Wildman–Crippen LogP) is 0.657. The van der Waals surface area contributed by atoms with Crippen LogP contribution in [0.15, 0.2) is 54.9 Å². The van der Waals surface area contributed by atoms with E-state index in [0.717, 1.165) is 31.7 Å². The van der Waals surface area contributed by atoms with E-state index >= 15 is 0 Å². The van der Waals surface area contributed by atoms with Gasteiger partial charge < -0.3 is 15.1 Å². The molecule has 158 valence electrons. The Bertz CT molecular complexity index is 881. The third-order valence-corrected chi connectivity index (χ3v) is 6.07. The molecule has 7 heteroatoms. The van der Waals surface area contributed by atoms with Crippen molar-refractivity contribution in [3.05, 3.63) is 60.4 Å². The molecule has 2 aliphatic heterocycles. The minimum absolute atomic E-state index is 0.124. The van der Waals surface area contributed by atoms with Gasteiger partial charge in [0.05, 0.1) is 26.2 Å². The Kier molecular flexibility index (Phi) is 5.72. The van der Waals surface area contributed by atoms with E-state index in [9.17, 15) is 9.59 Å². The van der Waals surface area contributed by atoms with Crippen molar-refractivity contribution < 1.29 is 19.5 Å². The smallest absolute Gasteiger partial charge is 0.329 e. The zero-order chi connectivity index (χ0) is 21.1. The number of aromatic nitrogens is 1. The fourth-order valence-corrected chi connectivity index (χ4v) is 4.61. The van der Waals surface area contributed by atoms with Crippen LogP contribution < -0.4 is 20.1 Å². The maximum atomic E-state index is 13.5. The van der Waals surface area contributed by atoms with Crippen LogP contribution in [0.3, 0.4) is 0 Å². The summed E-state index contributed by atoms with van der Waals surface area (Å²) in [5.74, 6) is 0.148. The molecule has 30 heavy (non-hydrogen) atoms. The molecule has 3 amide bonds. The number of pyridine rings is 1. The fraction of sp³-hybridized carbons (Fsp3) is 0.435. The molecule has 0 spiro atoms. The van der Waals surface area contributed by atoms with Crippen LogP contribution in [0.4, 0.5) is 10.5 Å². The fourth-order valence-electron chi connectivity index (χ4n) is 4.61. The van der Waals surface area contributed by atoms with Gasteiger partial charge in [0.15, 0.2) is 19.1 Å². The molecule has 3 N–H and O–H groups in total. The summed E-state index contributed by atoms with van der Waals surface area (Å²) in [4.78, 5) is 34.5. The predicted molar refractivity (Wildman–Crippen MR) is 114 cm³/mol. The molecule has 2 fully saturated rings. The first-order valence-corrected chi connectivity index (χ1v) is 10.7. The van der Waals surface area contributed by atoms with Crippen LogP contribution in [0.1, 0.15) is 25.8 Å². The molecule has 0 saturated carbocycles. The van der Waals surface area contributed by atoms with E-state index in [1.807, 2.05) is 42.7 Å². The zero-order valence-electron chi connectivity index (χ0n) is 17.7. The molecule has 3 heterocycles. The van der Waals surface area contributed by atoms with Crippen molar-refractivity contribution in [2.24, 2.45) is 5.92 Å². The molecule has 2 aromatic rings. The Labute approximate surface area is 177 Å². The van der Waals surface area contributed by atoms with Crippen LogP contribution in [0.2, 0.25) is 0 Å². The quantitative estimate of drug-likeness (QED) is 0.689. The third-order valence-electron chi connectivity index (χ3n) is 6.07. The number of H-pyrrole nitrogens is 1. The zero-order valence-corrected chi connectivity index (χ0v) is 17.7. The van der Waals surface area contributed by atoms with Gasteiger partial charge >= 0.3 is 6.03 Å². The van der Waals surface area contributed by atoms with Gasteiger partial charge in [0.25, 0.3) is 5.91 Å². The van der Waals surface area contributed by atoms with Crippen molar-refractivity contribution >= 4 is 17.6 Å². The maximum absolute atomic E-state index is 13.5. The number of aromatic amines is 1. The number of quaternary nitrogens is 1. The summed E-state index contributed by atoms with van der Waals surface area (Å²) in [6.07, 6.45) is 4.45. The lowest BCUT2D eigenvalue weighted by molar-refractivity contribution is -0.907. The van der Waals surface area contributed by atoms with Crippen LogP contribution in [-0.2, 0) is 10.3 Å². The number of amides is 3. The molecule has 0 radical (unpaired) electrons. The summed E-state index contributed by atoms with van der Waals surface area (Å²) < 4.78 is 0. The Morgan fingerprint density at radius 1 is 1.07 bits per heavy atom. The van der Waals surface area contributed by atoms with Crippen LogP contribution in [0, 0.1) is 5.92 Å². The second-order valence-corrected chi connectivity index (χ2v) is 8.69. The number of urea groups is 1. The summed E-state index contributed by atoms with van der Waals surface area (Å²) in [7, 11) is 0. The van der Waals surface area contributed by atoms with Gasteiger partial charge in [-0.2, -0.15) is 0 Å². The van der Waals surface area contributed by atoms with Crippen molar-refractivity contribution in [2.75, 3.05) is 37.7 Å². The topological polar surface area (TPSA) is 71.2 Å². The maximum Gasteiger partial charge on any atom is 0.329 e. The Morgan fingerprint density at radius 2 is 1.73 bits per heavy atom. The van der Waals surface area contributed by atoms with Crippen molar-refractivity contribution in [3.63, 3.8) is 0 Å². The van der Waals surface area contributed by atoms with Crippen LogP contribution in [0.5, 0.6) is 0 Å². The first-order chi connectivity index (χ1) is 14.5. The highest BCUT2D eigenvalue weighted by atomic mass is 16.2. The number of imide groups is 1. The van der Waals surface area contributed by atoms with E-state index in [-0.39, 0.29) is 17.9 Å². The van der Waals surface area contributed by atoms with Gasteiger partial charge in [-0.3, -0.25) is 4.79 Å². The SMILES string of the molecule is CC(C)C[C@@]1(c2ccccc2)NC(=O)N(C[NH+]2CCN(c3cc[nH+]cc3)CC2)C1=O. The number of carbonyl (C=O) groups excluding carboxylic acids is 2. The molecule has 2 aliphatic rings. The molecule has 0 bridgehead atoms. The number of nitrogens with zero attached hydrogens (tertiary/aromatic N) is 2. The average Bonchev–Trinajstić information content (AvgIpc) is 3.00. The molecular weight excluding hydrogens is 378 g/mol. The number of benzene rings is 1. The Hall–Kier alpha value is -2.93. The number of carbonyl (C=O) groups is 2. The lowest BCUT2D eigenvalue weighted by atomic mass is 9.82. The standard InChI is InChI=1S/C23H29N5O2/c1-18(2)16-23(19-6-4-3-5-7-19)21(29)28(22(30)25-23)17-26-12-14-27(15-13-26)20-8-10-24-11-9-20/h3-11,18H,12-17H2,1-2H3,(H,25,30)/p+2/t23-/m0/s1.